The Balaban J connectivity index is 5.49. The Hall–Kier alpha value is -2.38. The molecule has 0 aliphatic rings. The van der Waals surface area contributed by atoms with E-state index in [1.54, 1.807) is 13.8 Å². The quantitative estimate of drug-likeness (QED) is 0.134. The van der Waals surface area contributed by atoms with Crippen LogP contribution in [0.2, 0.25) is 0 Å². The molecule has 0 aromatic carbocycles. The van der Waals surface area contributed by atoms with E-state index in [2.05, 4.69) is 28.6 Å². The number of carboxylic acids is 2. The summed E-state index contributed by atoms with van der Waals surface area (Å²) in [6.07, 6.45) is -1.76. The highest BCUT2D eigenvalue weighted by atomic mass is 32.1. The lowest BCUT2D eigenvalue weighted by molar-refractivity contribution is -0.142. The first-order valence-electron chi connectivity index (χ1n) is 9.70. The molecular formula is C18H32N4O8S. The van der Waals surface area contributed by atoms with Crippen molar-refractivity contribution in [1.82, 2.24) is 16.0 Å². The average molecular weight is 465 g/mol. The number of nitrogens with two attached hydrogens (primary N) is 1. The number of hydrogen-bond acceptors (Lipinski definition) is 8. The molecule has 3 amide bonds. The summed E-state index contributed by atoms with van der Waals surface area (Å²) < 4.78 is 0. The molecule has 0 saturated heterocycles. The molecule has 0 fully saturated rings. The van der Waals surface area contributed by atoms with Crippen LogP contribution in [0.4, 0.5) is 0 Å². The fraction of sp³-hybridized carbons (Fsp3) is 0.722. The Bertz CT molecular complexity index is 658. The van der Waals surface area contributed by atoms with Crippen LogP contribution in [0.15, 0.2) is 0 Å². The normalized spacial score (nSPS) is 15.8. The minimum absolute atomic E-state index is 0.0503. The van der Waals surface area contributed by atoms with Gasteiger partial charge in [0.2, 0.25) is 17.7 Å². The van der Waals surface area contributed by atoms with Gasteiger partial charge in [-0.15, -0.1) is 0 Å². The highest BCUT2D eigenvalue weighted by Crippen LogP contribution is 2.08. The third-order valence-electron chi connectivity index (χ3n) is 4.24. The number of carbonyl (C=O) groups is 5. The number of hydrogen-bond donors (Lipinski definition) is 8. The average Bonchev–Trinajstić information content (AvgIpc) is 2.66. The second-order valence-corrected chi connectivity index (χ2v) is 7.90. The molecule has 8 N–H and O–H groups in total. The highest BCUT2D eigenvalue weighted by Gasteiger charge is 2.31. The lowest BCUT2D eigenvalue weighted by atomic mass is 10.0. The number of aliphatic hydroxyl groups is 1. The number of carboxylic acid groups (broad SMARTS) is 2. The molecule has 0 heterocycles. The predicted octanol–water partition coefficient (Wildman–Crippen LogP) is -1.93. The zero-order chi connectivity index (χ0) is 24.3. The maximum absolute atomic E-state index is 12.8. The van der Waals surface area contributed by atoms with Crippen molar-refractivity contribution in [2.24, 2.45) is 11.7 Å². The van der Waals surface area contributed by atoms with Crippen LogP contribution in [-0.4, -0.2) is 81.0 Å². The Morgan fingerprint density at radius 3 is 1.77 bits per heavy atom. The number of aliphatic carboxylic acids is 2. The first-order valence-corrected chi connectivity index (χ1v) is 10.3. The topological polar surface area (TPSA) is 208 Å². The van der Waals surface area contributed by atoms with Gasteiger partial charge >= 0.3 is 11.9 Å². The molecule has 5 atom stereocenters. The van der Waals surface area contributed by atoms with Gasteiger partial charge in [-0.05, 0) is 25.7 Å². The van der Waals surface area contributed by atoms with Crippen LogP contribution in [0.3, 0.4) is 0 Å². The van der Waals surface area contributed by atoms with Gasteiger partial charge in [-0.25, -0.2) is 4.79 Å². The zero-order valence-electron chi connectivity index (χ0n) is 17.7. The summed E-state index contributed by atoms with van der Waals surface area (Å²) in [5, 5.41) is 34.4. The summed E-state index contributed by atoms with van der Waals surface area (Å²) in [6, 6.07) is -5.09. The molecule has 13 heteroatoms. The third-order valence-corrected chi connectivity index (χ3v) is 4.60. The third kappa shape index (κ3) is 11.0. The van der Waals surface area contributed by atoms with Gasteiger partial charge in [-0.2, -0.15) is 12.6 Å². The summed E-state index contributed by atoms with van der Waals surface area (Å²) in [6.45, 7) is 4.90. The number of nitrogens with one attached hydrogen (secondary N) is 3. The number of thiol groups is 1. The molecule has 0 bridgehead atoms. The minimum Gasteiger partial charge on any atom is -0.481 e. The van der Waals surface area contributed by atoms with Gasteiger partial charge in [0.05, 0.1) is 6.10 Å². The summed E-state index contributed by atoms with van der Waals surface area (Å²) in [4.78, 5) is 59.4. The maximum atomic E-state index is 12.8. The Morgan fingerprint density at radius 1 is 0.871 bits per heavy atom. The highest BCUT2D eigenvalue weighted by molar-refractivity contribution is 7.80. The molecule has 0 aromatic rings. The molecule has 0 rings (SSSR count). The lowest BCUT2D eigenvalue weighted by Crippen LogP contribution is -2.58. The summed E-state index contributed by atoms with van der Waals surface area (Å²) in [5.74, 6) is -5.28. The van der Waals surface area contributed by atoms with Crippen molar-refractivity contribution in [3.8, 4) is 0 Å². The van der Waals surface area contributed by atoms with Crippen LogP contribution in [0, 0.1) is 5.92 Å². The maximum Gasteiger partial charge on any atom is 0.327 e. The smallest absolute Gasteiger partial charge is 0.327 e. The number of amides is 3. The monoisotopic (exact) mass is 464 g/mol. The molecule has 0 aliphatic carbocycles. The van der Waals surface area contributed by atoms with Gasteiger partial charge in [0, 0.05) is 12.2 Å². The van der Waals surface area contributed by atoms with Gasteiger partial charge < -0.3 is 37.0 Å². The SMILES string of the molecule is CC(C)CC(NC(=O)C(N)C(C)O)C(=O)NC(CCC(=O)O)C(=O)NC(CS)C(=O)O. The molecule has 5 unspecified atom stereocenters. The first-order chi connectivity index (χ1) is 14.3. The van der Waals surface area contributed by atoms with E-state index in [4.69, 9.17) is 15.9 Å². The Labute approximate surface area is 185 Å². The first kappa shape index (κ1) is 28.6. The fourth-order valence-electron chi connectivity index (χ4n) is 2.46. The van der Waals surface area contributed by atoms with E-state index >= 15 is 0 Å². The summed E-state index contributed by atoms with van der Waals surface area (Å²) in [5.41, 5.74) is 5.58. The summed E-state index contributed by atoms with van der Waals surface area (Å²) in [7, 11) is 0. The van der Waals surface area contributed by atoms with Crippen LogP contribution in [-0.2, 0) is 24.0 Å². The van der Waals surface area contributed by atoms with Crippen molar-refractivity contribution in [2.45, 2.75) is 70.3 Å². The predicted molar refractivity (Wildman–Crippen MR) is 113 cm³/mol. The van der Waals surface area contributed by atoms with E-state index in [0.717, 1.165) is 0 Å². The van der Waals surface area contributed by atoms with Gasteiger partial charge in [-0.3, -0.25) is 19.2 Å². The van der Waals surface area contributed by atoms with Crippen LogP contribution in [0.5, 0.6) is 0 Å². The van der Waals surface area contributed by atoms with Crippen molar-refractivity contribution in [1.29, 1.82) is 0 Å². The van der Waals surface area contributed by atoms with Crippen molar-refractivity contribution in [3.05, 3.63) is 0 Å². The number of rotatable bonds is 14. The molecule has 178 valence electrons. The molecule has 0 radical (unpaired) electrons. The molecule has 31 heavy (non-hydrogen) atoms. The second kappa shape index (κ2) is 13.8. The minimum atomic E-state index is -1.36. The number of carbonyl (C=O) groups excluding carboxylic acids is 3. The van der Waals surface area contributed by atoms with Crippen LogP contribution >= 0.6 is 12.6 Å². The standard InChI is InChI=1S/C18H32N4O8S/c1-8(2)6-11(21-17(28)14(19)9(3)23)16(27)20-10(4-5-13(24)25)15(26)22-12(7-31)18(29)30/h8-12,14,23,31H,4-7,19H2,1-3H3,(H,20,27)(H,21,28)(H,22,26)(H,24,25)(H,29,30). The Kier molecular flexibility index (Phi) is 12.8. The van der Waals surface area contributed by atoms with Crippen molar-refractivity contribution in [2.75, 3.05) is 5.75 Å². The van der Waals surface area contributed by atoms with Crippen molar-refractivity contribution in [3.63, 3.8) is 0 Å². The van der Waals surface area contributed by atoms with Gasteiger partial charge in [0.15, 0.2) is 0 Å². The molecule has 0 spiro atoms. The van der Waals surface area contributed by atoms with Crippen molar-refractivity contribution < 1.29 is 39.3 Å². The van der Waals surface area contributed by atoms with E-state index in [-0.39, 0.29) is 24.5 Å². The largest absolute Gasteiger partial charge is 0.481 e. The van der Waals surface area contributed by atoms with Crippen LogP contribution in [0.1, 0.15) is 40.0 Å². The van der Waals surface area contributed by atoms with E-state index in [9.17, 15) is 29.1 Å². The van der Waals surface area contributed by atoms with Crippen molar-refractivity contribution >= 4 is 42.3 Å². The van der Waals surface area contributed by atoms with Crippen LogP contribution in [0.25, 0.3) is 0 Å². The second-order valence-electron chi connectivity index (χ2n) is 7.53. The number of aliphatic hydroxyl groups excluding tert-OH is 1. The Morgan fingerprint density at radius 2 is 1.35 bits per heavy atom. The molecular weight excluding hydrogens is 432 g/mol. The van der Waals surface area contributed by atoms with E-state index in [1.807, 2.05) is 0 Å². The molecule has 0 aliphatic heterocycles. The van der Waals surface area contributed by atoms with Gasteiger partial charge in [-0.1, -0.05) is 13.8 Å². The summed E-state index contributed by atoms with van der Waals surface area (Å²) >= 11 is 3.84. The lowest BCUT2D eigenvalue weighted by Gasteiger charge is -2.26. The fourth-order valence-corrected chi connectivity index (χ4v) is 2.70. The van der Waals surface area contributed by atoms with E-state index in [0.29, 0.717) is 0 Å². The van der Waals surface area contributed by atoms with Crippen LogP contribution < -0.4 is 21.7 Å². The van der Waals surface area contributed by atoms with E-state index < -0.39 is 66.4 Å². The molecule has 0 saturated carbocycles. The molecule has 0 aromatic heterocycles. The van der Waals surface area contributed by atoms with Gasteiger partial charge in [0.1, 0.15) is 24.2 Å². The zero-order valence-corrected chi connectivity index (χ0v) is 18.6. The van der Waals surface area contributed by atoms with E-state index in [1.165, 1.54) is 6.92 Å². The van der Waals surface area contributed by atoms with Gasteiger partial charge in [0.25, 0.3) is 0 Å². The molecule has 12 nitrogen and oxygen atoms in total.